The van der Waals surface area contributed by atoms with E-state index in [2.05, 4.69) is 89.7 Å². The lowest BCUT2D eigenvalue weighted by molar-refractivity contribution is 0.314. The lowest BCUT2D eigenvalue weighted by Gasteiger charge is -2.36. The van der Waals surface area contributed by atoms with Crippen molar-refractivity contribution in [3.63, 3.8) is 0 Å². The second-order valence-electron chi connectivity index (χ2n) is 10.4. The third-order valence-electron chi connectivity index (χ3n) is 7.84. The number of aromatic nitrogens is 1. The number of nitrogens with zero attached hydrogens (tertiary/aromatic N) is 2. The molecule has 1 unspecified atom stereocenters. The zero-order chi connectivity index (χ0) is 26.2. The Kier molecular flexibility index (Phi) is 5.74. The number of para-hydroxylation sites is 1. The van der Waals surface area contributed by atoms with Crippen LogP contribution in [0.1, 0.15) is 37.3 Å². The molecule has 2 aliphatic heterocycles. The number of fused-ring (bicyclic) bond motifs is 6. The maximum absolute atomic E-state index is 6.92. The van der Waals surface area contributed by atoms with Crippen LogP contribution < -0.4 is 9.47 Å². The van der Waals surface area contributed by atoms with Crippen molar-refractivity contribution in [1.82, 2.24) is 4.98 Å². The molecule has 3 heterocycles. The molecule has 1 atom stereocenters. The second-order valence-corrected chi connectivity index (χ2v) is 10.4. The molecule has 0 fully saturated rings. The van der Waals surface area contributed by atoms with E-state index in [9.17, 15) is 0 Å². The minimum absolute atomic E-state index is 0.386. The van der Waals surface area contributed by atoms with Gasteiger partial charge in [-0.05, 0) is 85.9 Å². The van der Waals surface area contributed by atoms with Gasteiger partial charge in [0.25, 0.3) is 0 Å². The minimum atomic E-state index is -0.386. The highest BCUT2D eigenvalue weighted by Gasteiger charge is 2.37. The van der Waals surface area contributed by atoms with Crippen molar-refractivity contribution in [3.8, 4) is 39.6 Å². The second kappa shape index (κ2) is 9.55. The highest BCUT2D eigenvalue weighted by Crippen LogP contribution is 2.49. The summed E-state index contributed by atoms with van der Waals surface area (Å²) in [5.74, 6) is 3.32. The van der Waals surface area contributed by atoms with Crippen LogP contribution in [0.4, 0.5) is 0 Å². The standard InChI is InChI=1S/C35H28N2O2/c1-35-18-6-4-13-34(35)39-33-21-24(26-9-8-19-36-23-26)14-16-28(33)27-17-15-25(30-11-5-7-20-37-30)22-32(27)38-31-12-3-2-10-29(31)35/h2-7,10-17,19-23H,8-9,18H2,1H3. The first-order valence-electron chi connectivity index (χ1n) is 13.4. The summed E-state index contributed by atoms with van der Waals surface area (Å²) in [6, 6.07) is 27.0. The van der Waals surface area contributed by atoms with E-state index in [-0.39, 0.29) is 5.41 Å². The van der Waals surface area contributed by atoms with E-state index >= 15 is 0 Å². The van der Waals surface area contributed by atoms with Gasteiger partial charge in [-0.1, -0.05) is 48.6 Å². The summed E-state index contributed by atoms with van der Waals surface area (Å²) >= 11 is 0. The normalized spacial score (nSPS) is 19.2. The first-order chi connectivity index (χ1) is 19.2. The van der Waals surface area contributed by atoms with E-state index < -0.39 is 0 Å². The Morgan fingerprint density at radius 3 is 2.41 bits per heavy atom. The molecule has 0 amide bonds. The van der Waals surface area contributed by atoms with Crippen LogP contribution in [0.15, 0.2) is 120 Å². The first-order valence-corrected chi connectivity index (χ1v) is 13.4. The summed E-state index contributed by atoms with van der Waals surface area (Å²) in [5.41, 5.74) is 6.91. The molecule has 7 rings (SSSR count). The van der Waals surface area contributed by atoms with Gasteiger partial charge in [-0.2, -0.15) is 0 Å². The zero-order valence-corrected chi connectivity index (χ0v) is 21.8. The Morgan fingerprint density at radius 2 is 1.59 bits per heavy atom. The van der Waals surface area contributed by atoms with Gasteiger partial charge in [0, 0.05) is 40.9 Å². The Labute approximate surface area is 228 Å². The van der Waals surface area contributed by atoms with Gasteiger partial charge in [-0.3, -0.25) is 9.98 Å². The van der Waals surface area contributed by atoms with Gasteiger partial charge in [-0.15, -0.1) is 0 Å². The molecule has 1 aliphatic carbocycles. The lowest BCUT2D eigenvalue weighted by atomic mass is 9.75. The SMILES string of the molecule is CC12CC=CC=C1Oc1cc(C3=CN=CCC3)ccc1-c1ccc(-c3ccccn3)cc1Oc1ccccc12. The van der Waals surface area contributed by atoms with Crippen LogP contribution in [0.2, 0.25) is 0 Å². The molecular formula is C35H28N2O2. The molecule has 4 heteroatoms. The van der Waals surface area contributed by atoms with Gasteiger partial charge in [-0.25, -0.2) is 0 Å². The van der Waals surface area contributed by atoms with E-state index in [1.807, 2.05) is 42.9 Å². The predicted octanol–water partition coefficient (Wildman–Crippen LogP) is 8.91. The number of allylic oxidation sites excluding steroid dienone is 5. The summed E-state index contributed by atoms with van der Waals surface area (Å²) in [5, 5.41) is 0. The zero-order valence-electron chi connectivity index (χ0n) is 21.8. The van der Waals surface area contributed by atoms with E-state index in [4.69, 9.17) is 9.47 Å². The fourth-order valence-electron chi connectivity index (χ4n) is 5.65. The van der Waals surface area contributed by atoms with Crippen LogP contribution in [0.5, 0.6) is 17.2 Å². The molecule has 3 aliphatic rings. The molecule has 1 aromatic heterocycles. The van der Waals surface area contributed by atoms with Crippen molar-refractivity contribution in [2.45, 2.75) is 31.6 Å². The smallest absolute Gasteiger partial charge is 0.136 e. The van der Waals surface area contributed by atoms with Crippen molar-refractivity contribution in [3.05, 3.63) is 126 Å². The fourth-order valence-corrected chi connectivity index (χ4v) is 5.65. The summed E-state index contributed by atoms with van der Waals surface area (Å²) in [6.45, 7) is 2.24. The molecule has 4 aromatic rings. The molecule has 0 saturated carbocycles. The third kappa shape index (κ3) is 4.18. The summed E-state index contributed by atoms with van der Waals surface area (Å²) < 4.78 is 13.7. The molecular weight excluding hydrogens is 480 g/mol. The number of pyridine rings is 1. The maximum atomic E-state index is 6.92. The molecule has 0 bridgehead atoms. The molecule has 39 heavy (non-hydrogen) atoms. The van der Waals surface area contributed by atoms with E-state index in [1.165, 1.54) is 5.57 Å². The van der Waals surface area contributed by atoms with Crippen molar-refractivity contribution < 1.29 is 9.47 Å². The van der Waals surface area contributed by atoms with Crippen LogP contribution in [-0.4, -0.2) is 11.2 Å². The molecule has 0 radical (unpaired) electrons. The molecule has 0 spiro atoms. The molecule has 0 saturated heterocycles. The van der Waals surface area contributed by atoms with Gasteiger partial charge in [0.2, 0.25) is 0 Å². The number of ether oxygens (including phenoxy) is 2. The van der Waals surface area contributed by atoms with Gasteiger partial charge < -0.3 is 9.47 Å². The van der Waals surface area contributed by atoms with Gasteiger partial charge in [0.1, 0.15) is 23.0 Å². The number of benzene rings is 3. The van der Waals surface area contributed by atoms with E-state index in [1.54, 1.807) is 0 Å². The Bertz CT molecular complexity index is 1700. The average Bonchev–Trinajstić information content (AvgIpc) is 2.99. The lowest BCUT2D eigenvalue weighted by Crippen LogP contribution is -2.29. The van der Waals surface area contributed by atoms with Crippen LogP contribution in [0.3, 0.4) is 0 Å². The molecule has 0 N–H and O–H groups in total. The van der Waals surface area contributed by atoms with Crippen LogP contribution in [0, 0.1) is 0 Å². The molecule has 190 valence electrons. The number of hydrogen-bond acceptors (Lipinski definition) is 4. The van der Waals surface area contributed by atoms with Crippen molar-refractivity contribution in [1.29, 1.82) is 0 Å². The number of rotatable bonds is 2. The predicted molar refractivity (Wildman–Crippen MR) is 157 cm³/mol. The monoisotopic (exact) mass is 508 g/mol. The summed E-state index contributed by atoms with van der Waals surface area (Å²) in [6.07, 6.45) is 14.8. The van der Waals surface area contributed by atoms with E-state index in [0.717, 1.165) is 75.8 Å². The average molecular weight is 509 g/mol. The van der Waals surface area contributed by atoms with Crippen molar-refractivity contribution in [2.75, 3.05) is 0 Å². The summed E-state index contributed by atoms with van der Waals surface area (Å²) in [4.78, 5) is 8.99. The minimum Gasteiger partial charge on any atom is -0.460 e. The van der Waals surface area contributed by atoms with Gasteiger partial charge >= 0.3 is 0 Å². The third-order valence-corrected chi connectivity index (χ3v) is 7.84. The van der Waals surface area contributed by atoms with Crippen molar-refractivity contribution >= 4 is 11.8 Å². The topological polar surface area (TPSA) is 43.7 Å². The molecule has 4 nitrogen and oxygen atoms in total. The van der Waals surface area contributed by atoms with Crippen molar-refractivity contribution in [2.24, 2.45) is 4.99 Å². The highest BCUT2D eigenvalue weighted by molar-refractivity contribution is 5.83. The number of aliphatic imine (C=N–C) groups is 1. The quantitative estimate of drug-likeness (QED) is 0.271. The molecule has 3 aromatic carbocycles. The van der Waals surface area contributed by atoms with Crippen LogP contribution in [-0.2, 0) is 5.41 Å². The summed E-state index contributed by atoms with van der Waals surface area (Å²) in [7, 11) is 0. The highest BCUT2D eigenvalue weighted by atomic mass is 16.5. The maximum Gasteiger partial charge on any atom is 0.136 e. The number of hydrogen-bond donors (Lipinski definition) is 0. The first kappa shape index (κ1) is 23.4. The fraction of sp³-hybridized carbons (Fsp3) is 0.143. The van der Waals surface area contributed by atoms with E-state index in [0.29, 0.717) is 0 Å². The largest absolute Gasteiger partial charge is 0.460 e. The Morgan fingerprint density at radius 1 is 0.795 bits per heavy atom. The Hall–Kier alpha value is -4.70. The van der Waals surface area contributed by atoms with Crippen LogP contribution >= 0.6 is 0 Å². The Balaban J connectivity index is 1.47. The van der Waals surface area contributed by atoms with Crippen LogP contribution in [0.25, 0.3) is 28.0 Å². The van der Waals surface area contributed by atoms with Gasteiger partial charge in [0.05, 0.1) is 11.1 Å². The van der Waals surface area contributed by atoms with Gasteiger partial charge in [0.15, 0.2) is 0 Å².